The van der Waals surface area contributed by atoms with Gasteiger partial charge in [0.15, 0.2) is 5.82 Å². The van der Waals surface area contributed by atoms with Crippen LogP contribution >= 0.6 is 0 Å². The van der Waals surface area contributed by atoms with Crippen LogP contribution in [0.15, 0.2) is 29.2 Å². The van der Waals surface area contributed by atoms with Crippen molar-refractivity contribution in [2.24, 2.45) is 0 Å². The molecule has 0 radical (unpaired) electrons. The largest absolute Gasteiger partial charge is 0.382 e. The molecule has 0 spiro atoms. The summed E-state index contributed by atoms with van der Waals surface area (Å²) in [6.45, 7) is 1.59. The first-order valence-corrected chi connectivity index (χ1v) is 8.07. The van der Waals surface area contributed by atoms with Gasteiger partial charge in [0.05, 0.1) is 25.5 Å². The van der Waals surface area contributed by atoms with Crippen molar-refractivity contribution in [3.8, 4) is 11.5 Å². The quantitative estimate of drug-likeness (QED) is 0.761. The molecule has 2 aromatic rings. The van der Waals surface area contributed by atoms with Gasteiger partial charge in [-0.1, -0.05) is 6.07 Å². The fourth-order valence-electron chi connectivity index (χ4n) is 2.67. The number of hydrogen-bond donors (Lipinski definition) is 1. The van der Waals surface area contributed by atoms with Gasteiger partial charge in [0.1, 0.15) is 12.3 Å². The Morgan fingerprint density at radius 2 is 2.24 bits per heavy atom. The first-order chi connectivity index (χ1) is 12.2. The lowest BCUT2D eigenvalue weighted by Gasteiger charge is -2.27. The van der Waals surface area contributed by atoms with E-state index in [4.69, 9.17) is 9.47 Å². The fourth-order valence-corrected chi connectivity index (χ4v) is 2.67. The molecule has 25 heavy (non-hydrogen) atoms. The molecule has 0 aromatic carbocycles. The predicted molar refractivity (Wildman–Crippen MR) is 89.9 cm³/mol. The summed E-state index contributed by atoms with van der Waals surface area (Å²) in [6.07, 6.45) is 2.12. The van der Waals surface area contributed by atoms with E-state index in [0.717, 1.165) is 0 Å². The van der Waals surface area contributed by atoms with Gasteiger partial charge in [-0.2, -0.15) is 0 Å². The van der Waals surface area contributed by atoms with E-state index in [-0.39, 0.29) is 18.1 Å². The normalized spacial score (nSPS) is 13.6. The number of amides is 1. The van der Waals surface area contributed by atoms with Gasteiger partial charge in [-0.3, -0.25) is 14.6 Å². The van der Waals surface area contributed by atoms with E-state index < -0.39 is 0 Å². The summed E-state index contributed by atoms with van der Waals surface area (Å²) in [5.74, 6) is 0.290. The van der Waals surface area contributed by atoms with Crippen LogP contribution in [0.25, 0.3) is 11.5 Å². The topological polar surface area (TPSA) is 97.4 Å². The van der Waals surface area contributed by atoms with Crippen LogP contribution in [0.1, 0.15) is 11.3 Å². The van der Waals surface area contributed by atoms with Crippen LogP contribution in [0.3, 0.4) is 0 Å². The lowest BCUT2D eigenvalue weighted by Crippen LogP contribution is -2.41. The van der Waals surface area contributed by atoms with Crippen molar-refractivity contribution < 1.29 is 14.3 Å². The molecule has 1 aliphatic heterocycles. The zero-order chi connectivity index (χ0) is 17.6. The maximum absolute atomic E-state index is 12.3. The van der Waals surface area contributed by atoms with E-state index in [1.807, 2.05) is 6.07 Å². The highest BCUT2D eigenvalue weighted by atomic mass is 16.5. The summed E-state index contributed by atoms with van der Waals surface area (Å²) in [4.78, 5) is 37.7. The van der Waals surface area contributed by atoms with E-state index in [0.29, 0.717) is 55.5 Å². The summed E-state index contributed by atoms with van der Waals surface area (Å²) in [6, 6.07) is 5.40. The number of aromatic amines is 1. The van der Waals surface area contributed by atoms with Crippen molar-refractivity contribution in [3.05, 3.63) is 46.0 Å². The summed E-state index contributed by atoms with van der Waals surface area (Å²) < 4.78 is 10.2. The van der Waals surface area contributed by atoms with Crippen LogP contribution in [0.2, 0.25) is 0 Å². The Bertz CT molecular complexity index is 791. The standard InChI is InChI=1S/C17H20N4O4/c1-24-8-9-25-11-15(22)21-7-5-12-14(10-21)19-16(20-17(12)23)13-4-2-3-6-18-13/h2-4,6H,5,7-11H2,1H3,(H,19,20,23). The number of ether oxygens (including phenoxy) is 2. The van der Waals surface area contributed by atoms with Gasteiger partial charge in [0, 0.05) is 25.4 Å². The molecule has 8 heteroatoms. The van der Waals surface area contributed by atoms with Gasteiger partial charge in [-0.15, -0.1) is 0 Å². The number of pyridine rings is 1. The minimum Gasteiger partial charge on any atom is -0.382 e. The van der Waals surface area contributed by atoms with Crippen LogP contribution < -0.4 is 5.56 Å². The Balaban J connectivity index is 1.74. The van der Waals surface area contributed by atoms with Crippen LogP contribution in [0, 0.1) is 0 Å². The Kier molecular flexibility index (Phi) is 5.52. The second-order valence-corrected chi connectivity index (χ2v) is 5.67. The van der Waals surface area contributed by atoms with Gasteiger partial charge in [-0.05, 0) is 18.6 Å². The third kappa shape index (κ3) is 4.09. The van der Waals surface area contributed by atoms with Crippen molar-refractivity contribution in [2.75, 3.05) is 33.5 Å². The molecule has 0 aliphatic carbocycles. The number of hydrogen-bond acceptors (Lipinski definition) is 6. The maximum atomic E-state index is 12.3. The molecular weight excluding hydrogens is 324 g/mol. The van der Waals surface area contributed by atoms with Crippen molar-refractivity contribution in [2.45, 2.75) is 13.0 Å². The second-order valence-electron chi connectivity index (χ2n) is 5.67. The van der Waals surface area contributed by atoms with E-state index in [1.54, 1.807) is 30.3 Å². The molecule has 2 aromatic heterocycles. The molecule has 3 heterocycles. The summed E-state index contributed by atoms with van der Waals surface area (Å²) in [7, 11) is 1.58. The van der Waals surface area contributed by atoms with Crippen molar-refractivity contribution in [3.63, 3.8) is 0 Å². The molecule has 132 valence electrons. The zero-order valence-electron chi connectivity index (χ0n) is 14.0. The van der Waals surface area contributed by atoms with E-state index >= 15 is 0 Å². The fraction of sp³-hybridized carbons (Fsp3) is 0.412. The number of carbonyl (C=O) groups is 1. The van der Waals surface area contributed by atoms with Gasteiger partial charge in [0.2, 0.25) is 5.91 Å². The first kappa shape index (κ1) is 17.2. The van der Waals surface area contributed by atoms with Crippen molar-refractivity contribution in [1.29, 1.82) is 0 Å². The molecule has 0 saturated heterocycles. The maximum Gasteiger partial charge on any atom is 0.254 e. The lowest BCUT2D eigenvalue weighted by atomic mass is 10.1. The molecule has 1 amide bonds. The minimum absolute atomic E-state index is 0.00498. The minimum atomic E-state index is -0.172. The second kappa shape index (κ2) is 8.00. The molecule has 1 N–H and O–H groups in total. The SMILES string of the molecule is COCCOCC(=O)N1CCc2c(nc(-c3ccccn3)[nH]c2=O)C1. The third-order valence-corrected chi connectivity index (χ3v) is 3.99. The molecule has 0 unspecified atom stereocenters. The third-order valence-electron chi connectivity index (χ3n) is 3.99. The Labute approximate surface area is 144 Å². The van der Waals surface area contributed by atoms with Gasteiger partial charge >= 0.3 is 0 Å². The highest BCUT2D eigenvalue weighted by Gasteiger charge is 2.24. The van der Waals surface area contributed by atoms with Crippen molar-refractivity contribution in [1.82, 2.24) is 19.9 Å². The van der Waals surface area contributed by atoms with Gasteiger partial charge in [-0.25, -0.2) is 4.98 Å². The zero-order valence-corrected chi connectivity index (χ0v) is 14.0. The van der Waals surface area contributed by atoms with Crippen LogP contribution in [0.5, 0.6) is 0 Å². The number of aromatic nitrogens is 3. The Morgan fingerprint density at radius 3 is 3.00 bits per heavy atom. The monoisotopic (exact) mass is 344 g/mol. The summed E-state index contributed by atoms with van der Waals surface area (Å²) in [5, 5.41) is 0. The van der Waals surface area contributed by atoms with E-state index in [9.17, 15) is 9.59 Å². The van der Waals surface area contributed by atoms with Crippen LogP contribution in [-0.4, -0.2) is 59.2 Å². The highest BCUT2D eigenvalue weighted by Crippen LogP contribution is 2.17. The molecular formula is C17H20N4O4. The molecule has 0 saturated carbocycles. The van der Waals surface area contributed by atoms with Gasteiger partial charge < -0.3 is 19.4 Å². The molecule has 3 rings (SSSR count). The number of H-pyrrole nitrogens is 1. The van der Waals surface area contributed by atoms with Crippen LogP contribution in [0.4, 0.5) is 0 Å². The number of nitrogens with one attached hydrogen (secondary N) is 1. The van der Waals surface area contributed by atoms with Crippen LogP contribution in [-0.2, 0) is 27.2 Å². The average molecular weight is 344 g/mol. The number of nitrogens with zero attached hydrogens (tertiary/aromatic N) is 3. The molecule has 0 bridgehead atoms. The molecule has 1 aliphatic rings. The number of carbonyl (C=O) groups excluding carboxylic acids is 1. The molecule has 8 nitrogen and oxygen atoms in total. The predicted octanol–water partition coefficient (Wildman–Crippen LogP) is 0.380. The summed E-state index contributed by atoms with van der Waals surface area (Å²) in [5.41, 5.74) is 1.66. The van der Waals surface area contributed by atoms with E-state index in [1.165, 1.54) is 0 Å². The van der Waals surface area contributed by atoms with Gasteiger partial charge in [0.25, 0.3) is 5.56 Å². The average Bonchev–Trinajstić information content (AvgIpc) is 2.65. The van der Waals surface area contributed by atoms with E-state index in [2.05, 4.69) is 15.0 Å². The molecule has 0 atom stereocenters. The number of methoxy groups -OCH3 is 1. The Morgan fingerprint density at radius 1 is 1.36 bits per heavy atom. The lowest BCUT2D eigenvalue weighted by molar-refractivity contribution is -0.137. The molecule has 0 fully saturated rings. The number of rotatable bonds is 6. The summed E-state index contributed by atoms with van der Waals surface area (Å²) >= 11 is 0. The van der Waals surface area contributed by atoms with Crippen molar-refractivity contribution >= 4 is 5.91 Å². The highest BCUT2D eigenvalue weighted by molar-refractivity contribution is 5.77. The smallest absolute Gasteiger partial charge is 0.254 e. The number of fused-ring (bicyclic) bond motifs is 1. The first-order valence-electron chi connectivity index (χ1n) is 8.07. The Hall–Kier alpha value is -2.58.